The Morgan fingerprint density at radius 3 is 2.82 bits per heavy atom. The maximum Gasteiger partial charge on any atom is 0.346 e. The first-order chi connectivity index (χ1) is 13.6. The lowest BCUT2D eigenvalue weighted by Crippen LogP contribution is -2.18. The van der Waals surface area contributed by atoms with E-state index in [1.54, 1.807) is 6.92 Å². The molecule has 4 rings (SSSR count). The van der Waals surface area contributed by atoms with Crippen LogP contribution in [0.25, 0.3) is 0 Å². The zero-order valence-corrected chi connectivity index (χ0v) is 17.2. The molecule has 2 aliphatic rings. The van der Waals surface area contributed by atoms with Crippen molar-refractivity contribution in [1.82, 2.24) is 9.97 Å². The standard InChI is InChI=1S/C19H21N3O4S2/c1-2-26-18(24)15-11-6-4-8-13(11)28-17(15)21-14(23)9-27-16-10-5-3-7-12(10)20-19(25)22-16/h2-9H2,1H3,(H,21,23)(H,20,22,25). The summed E-state index contributed by atoms with van der Waals surface area (Å²) in [5.74, 6) is -0.462. The third-order valence-electron chi connectivity index (χ3n) is 4.93. The Hall–Kier alpha value is -2.13. The van der Waals surface area contributed by atoms with Gasteiger partial charge < -0.3 is 15.0 Å². The second-order valence-electron chi connectivity index (χ2n) is 6.78. The van der Waals surface area contributed by atoms with Crippen LogP contribution < -0.4 is 11.0 Å². The third-order valence-corrected chi connectivity index (χ3v) is 7.16. The van der Waals surface area contributed by atoms with Crippen LogP contribution in [-0.4, -0.2) is 34.2 Å². The molecule has 0 saturated carbocycles. The SMILES string of the molecule is CCOC(=O)c1c(NC(=O)CSc2nc(=O)[nH]c3c2CCC3)sc2c1CCC2. The number of nitrogens with one attached hydrogen (secondary N) is 2. The van der Waals surface area contributed by atoms with Crippen LogP contribution in [0.3, 0.4) is 0 Å². The van der Waals surface area contributed by atoms with E-state index in [-0.39, 0.29) is 23.3 Å². The first kappa shape index (κ1) is 19.2. The fraction of sp³-hybridized carbons (Fsp3) is 0.474. The number of aryl methyl sites for hydroxylation is 2. The van der Waals surface area contributed by atoms with Crippen LogP contribution in [0, 0.1) is 0 Å². The smallest absolute Gasteiger partial charge is 0.346 e. The summed E-state index contributed by atoms with van der Waals surface area (Å²) in [5, 5.41) is 4.07. The van der Waals surface area contributed by atoms with Gasteiger partial charge in [0.2, 0.25) is 5.91 Å². The Bertz CT molecular complexity index is 996. The van der Waals surface area contributed by atoms with E-state index in [1.165, 1.54) is 23.1 Å². The highest BCUT2D eigenvalue weighted by Gasteiger charge is 2.28. The monoisotopic (exact) mass is 419 g/mol. The van der Waals surface area contributed by atoms with E-state index in [9.17, 15) is 14.4 Å². The van der Waals surface area contributed by atoms with Gasteiger partial charge in [0.1, 0.15) is 10.0 Å². The highest BCUT2D eigenvalue weighted by atomic mass is 32.2. The van der Waals surface area contributed by atoms with E-state index in [1.807, 2.05) is 0 Å². The molecule has 1 amide bonds. The number of carbonyl (C=O) groups is 2. The number of esters is 1. The highest BCUT2D eigenvalue weighted by molar-refractivity contribution is 8.00. The lowest BCUT2D eigenvalue weighted by atomic mass is 10.1. The van der Waals surface area contributed by atoms with Crippen molar-refractivity contribution >= 4 is 40.0 Å². The van der Waals surface area contributed by atoms with Gasteiger partial charge >= 0.3 is 11.7 Å². The minimum absolute atomic E-state index is 0.133. The summed E-state index contributed by atoms with van der Waals surface area (Å²) in [6, 6.07) is 0. The molecule has 2 N–H and O–H groups in total. The molecular weight excluding hydrogens is 398 g/mol. The van der Waals surface area contributed by atoms with Crippen molar-refractivity contribution in [2.75, 3.05) is 17.7 Å². The molecule has 2 heterocycles. The lowest BCUT2D eigenvalue weighted by molar-refractivity contribution is -0.113. The number of aromatic nitrogens is 2. The third kappa shape index (κ3) is 3.73. The van der Waals surface area contributed by atoms with Gasteiger partial charge in [0.25, 0.3) is 0 Å². The van der Waals surface area contributed by atoms with Gasteiger partial charge in [0.05, 0.1) is 17.9 Å². The summed E-state index contributed by atoms with van der Waals surface area (Å²) in [6.45, 7) is 2.07. The van der Waals surface area contributed by atoms with Crippen LogP contribution in [0.1, 0.15) is 51.8 Å². The zero-order valence-electron chi connectivity index (χ0n) is 15.6. The van der Waals surface area contributed by atoms with Crippen molar-refractivity contribution < 1.29 is 14.3 Å². The first-order valence-corrected chi connectivity index (χ1v) is 11.2. The molecule has 2 aromatic heterocycles. The van der Waals surface area contributed by atoms with E-state index in [4.69, 9.17) is 4.74 Å². The molecule has 28 heavy (non-hydrogen) atoms. The van der Waals surface area contributed by atoms with Crippen LogP contribution in [0.4, 0.5) is 5.00 Å². The number of anilines is 1. The van der Waals surface area contributed by atoms with Gasteiger partial charge in [0, 0.05) is 16.1 Å². The first-order valence-electron chi connectivity index (χ1n) is 9.43. The zero-order chi connectivity index (χ0) is 19.7. The van der Waals surface area contributed by atoms with Gasteiger partial charge in [-0.1, -0.05) is 11.8 Å². The molecule has 0 spiro atoms. The molecule has 0 saturated heterocycles. The Labute approximate surface area is 170 Å². The van der Waals surface area contributed by atoms with E-state index in [0.29, 0.717) is 22.2 Å². The van der Waals surface area contributed by atoms with E-state index in [2.05, 4.69) is 15.3 Å². The Balaban J connectivity index is 1.48. The van der Waals surface area contributed by atoms with E-state index < -0.39 is 0 Å². The van der Waals surface area contributed by atoms with Gasteiger partial charge in [-0.05, 0) is 51.0 Å². The van der Waals surface area contributed by atoms with Crippen LogP contribution in [0.2, 0.25) is 0 Å². The van der Waals surface area contributed by atoms with Crippen LogP contribution in [0.5, 0.6) is 0 Å². The maximum absolute atomic E-state index is 12.5. The summed E-state index contributed by atoms with van der Waals surface area (Å²) >= 11 is 2.73. The molecule has 0 atom stereocenters. The second-order valence-corrected chi connectivity index (χ2v) is 8.85. The predicted octanol–water partition coefficient (Wildman–Crippen LogP) is 2.72. The van der Waals surface area contributed by atoms with Gasteiger partial charge in [-0.3, -0.25) is 4.79 Å². The number of thiophene rings is 1. The van der Waals surface area contributed by atoms with Crippen LogP contribution in [-0.2, 0) is 35.2 Å². The molecule has 0 radical (unpaired) electrons. The number of amides is 1. The van der Waals surface area contributed by atoms with Crippen molar-refractivity contribution in [3.05, 3.63) is 37.7 Å². The Morgan fingerprint density at radius 1 is 1.21 bits per heavy atom. The Morgan fingerprint density at radius 2 is 2.00 bits per heavy atom. The summed E-state index contributed by atoms with van der Waals surface area (Å²) < 4.78 is 5.19. The number of hydrogen-bond acceptors (Lipinski definition) is 7. The molecule has 0 aliphatic heterocycles. The molecule has 9 heteroatoms. The minimum Gasteiger partial charge on any atom is -0.462 e. The van der Waals surface area contributed by atoms with Gasteiger partial charge in [0.15, 0.2) is 0 Å². The summed E-state index contributed by atoms with van der Waals surface area (Å²) in [5.41, 5.74) is 3.12. The highest BCUT2D eigenvalue weighted by Crippen LogP contribution is 2.39. The summed E-state index contributed by atoms with van der Waals surface area (Å²) in [7, 11) is 0. The molecule has 2 aromatic rings. The van der Waals surface area contributed by atoms with Gasteiger partial charge in [-0.25, -0.2) is 9.59 Å². The van der Waals surface area contributed by atoms with Crippen LogP contribution >= 0.6 is 23.1 Å². The number of H-pyrrole nitrogens is 1. The fourth-order valence-electron chi connectivity index (χ4n) is 3.76. The molecular formula is C19H21N3O4S2. The molecule has 0 fully saturated rings. The van der Waals surface area contributed by atoms with E-state index >= 15 is 0 Å². The predicted molar refractivity (Wildman–Crippen MR) is 109 cm³/mol. The number of fused-ring (bicyclic) bond motifs is 2. The van der Waals surface area contributed by atoms with Gasteiger partial charge in [-0.15, -0.1) is 11.3 Å². The summed E-state index contributed by atoms with van der Waals surface area (Å²) in [6.07, 6.45) is 5.49. The maximum atomic E-state index is 12.5. The number of ether oxygens (including phenoxy) is 1. The quantitative estimate of drug-likeness (QED) is 0.424. The Kier molecular flexibility index (Phi) is 5.54. The number of thioether (sulfide) groups is 1. The molecule has 7 nitrogen and oxygen atoms in total. The molecule has 2 aliphatic carbocycles. The average Bonchev–Trinajstić information content (AvgIpc) is 3.35. The largest absolute Gasteiger partial charge is 0.462 e. The van der Waals surface area contributed by atoms with Crippen molar-refractivity contribution in [3.8, 4) is 0 Å². The number of hydrogen-bond donors (Lipinski definition) is 2. The van der Waals surface area contributed by atoms with Crippen molar-refractivity contribution in [3.63, 3.8) is 0 Å². The normalized spacial score (nSPS) is 14.6. The molecule has 0 bridgehead atoms. The number of aromatic amines is 1. The fourth-order valence-corrected chi connectivity index (χ4v) is 5.94. The molecule has 148 valence electrons. The second kappa shape index (κ2) is 8.08. The van der Waals surface area contributed by atoms with Crippen molar-refractivity contribution in [2.45, 2.75) is 50.5 Å². The number of carbonyl (C=O) groups excluding carboxylic acids is 2. The number of nitrogens with zero attached hydrogens (tertiary/aromatic N) is 1. The lowest BCUT2D eigenvalue weighted by Gasteiger charge is -2.09. The molecule has 0 aromatic carbocycles. The average molecular weight is 420 g/mol. The van der Waals surface area contributed by atoms with E-state index in [0.717, 1.165) is 60.2 Å². The van der Waals surface area contributed by atoms with Crippen molar-refractivity contribution in [2.24, 2.45) is 0 Å². The molecule has 0 unspecified atom stereocenters. The topological polar surface area (TPSA) is 101 Å². The number of rotatable bonds is 6. The minimum atomic E-state index is -0.376. The van der Waals surface area contributed by atoms with Crippen LogP contribution in [0.15, 0.2) is 9.82 Å². The van der Waals surface area contributed by atoms with Crippen molar-refractivity contribution in [1.29, 1.82) is 0 Å². The van der Waals surface area contributed by atoms with Gasteiger partial charge in [-0.2, -0.15) is 4.98 Å². The summed E-state index contributed by atoms with van der Waals surface area (Å²) in [4.78, 5) is 44.6.